The number of benzene rings is 1. The third kappa shape index (κ3) is 12.4. The smallest absolute Gasteiger partial charge is 0.316 e. The number of nitrogens with one attached hydrogen (secondary N) is 3. The summed E-state index contributed by atoms with van der Waals surface area (Å²) in [7, 11) is 0. The van der Waals surface area contributed by atoms with Crippen LogP contribution in [0.15, 0.2) is 34.3 Å². The average Bonchev–Trinajstić information content (AvgIpc) is 2.96. The number of ether oxygens (including phenoxy) is 1. The van der Waals surface area contributed by atoms with E-state index in [9.17, 15) is 28.8 Å². The Balaban J connectivity index is 2.10. The molecular formula is C28H37BrN6O7. The van der Waals surface area contributed by atoms with Crippen molar-refractivity contribution in [2.75, 3.05) is 25.0 Å². The largest absolute Gasteiger partial charge is 0.393 e. The van der Waals surface area contributed by atoms with E-state index in [4.69, 9.17) is 10.5 Å². The molecule has 228 valence electrons. The summed E-state index contributed by atoms with van der Waals surface area (Å²) in [5.74, 6) is -4.63. The molecule has 1 aliphatic rings. The van der Waals surface area contributed by atoms with Gasteiger partial charge in [0.2, 0.25) is 5.91 Å². The van der Waals surface area contributed by atoms with Gasteiger partial charge in [0, 0.05) is 29.9 Å². The molecule has 1 saturated heterocycles. The van der Waals surface area contributed by atoms with E-state index in [0.717, 1.165) is 5.56 Å². The predicted molar refractivity (Wildman–Crippen MR) is 160 cm³/mol. The summed E-state index contributed by atoms with van der Waals surface area (Å²) in [6, 6.07) is 6.31. The number of hydrogen-bond donors (Lipinski definition) is 4. The van der Waals surface area contributed by atoms with Gasteiger partial charge in [-0.3, -0.25) is 24.0 Å². The molecule has 42 heavy (non-hydrogen) atoms. The molecule has 0 aromatic heterocycles. The Morgan fingerprint density at radius 2 is 1.69 bits per heavy atom. The first kappa shape index (κ1) is 34.4. The summed E-state index contributed by atoms with van der Waals surface area (Å²) in [4.78, 5) is 81.7. The average molecular weight is 650 g/mol. The highest BCUT2D eigenvalue weighted by atomic mass is 79.9. The predicted octanol–water partition coefficient (Wildman–Crippen LogP) is 2.41. The highest BCUT2D eigenvalue weighted by Gasteiger charge is 2.25. The number of anilines is 1. The molecule has 0 atom stereocenters. The number of urea groups is 1. The number of aliphatic imine (C=N–C) groups is 2. The van der Waals surface area contributed by atoms with Crippen LogP contribution in [0.25, 0.3) is 0 Å². The van der Waals surface area contributed by atoms with E-state index in [0.29, 0.717) is 36.9 Å². The summed E-state index contributed by atoms with van der Waals surface area (Å²) in [6.07, 6.45) is 0.670. The molecule has 0 unspecified atom stereocenters. The van der Waals surface area contributed by atoms with Gasteiger partial charge in [-0.05, 0) is 56.5 Å². The standard InChI is InChI=1S/C28H37BrN6O7/c1-17(2)24(35-22(36)9-10-23(37)42-27(40)19-11-14-31-15-12-19)26(39)34-21(4-3-13-32-28(30)41)25(38)33-20-7-5-18(16-29)6-8-20/h5-8,17,19,31H,3-4,9-16H2,1-2H3,(H,33,38)(H3,30,32,41). The Bertz CT molecular complexity index is 1210. The Kier molecular flexibility index (Phi) is 14.7. The monoisotopic (exact) mass is 648 g/mol. The fraction of sp³-hybridized carbons (Fsp3) is 0.500. The van der Waals surface area contributed by atoms with Gasteiger partial charge in [0.25, 0.3) is 11.8 Å². The second kappa shape index (κ2) is 17.9. The quantitative estimate of drug-likeness (QED) is 0.0821. The highest BCUT2D eigenvalue weighted by molar-refractivity contribution is 9.08. The van der Waals surface area contributed by atoms with Crippen LogP contribution < -0.4 is 21.7 Å². The molecule has 1 heterocycles. The molecule has 0 saturated carbocycles. The molecule has 0 bridgehead atoms. The van der Waals surface area contributed by atoms with Crippen molar-refractivity contribution in [3.8, 4) is 0 Å². The van der Waals surface area contributed by atoms with Crippen LogP contribution in [-0.4, -0.2) is 66.7 Å². The van der Waals surface area contributed by atoms with Crippen LogP contribution in [0, 0.1) is 11.8 Å². The number of halogens is 1. The Morgan fingerprint density at radius 1 is 1.02 bits per heavy atom. The van der Waals surface area contributed by atoms with Crippen LogP contribution in [0.3, 0.4) is 0 Å². The van der Waals surface area contributed by atoms with Crippen LogP contribution in [-0.2, 0) is 34.0 Å². The van der Waals surface area contributed by atoms with Crippen molar-refractivity contribution >= 4 is 68.7 Å². The van der Waals surface area contributed by atoms with Crippen LogP contribution in [0.2, 0.25) is 0 Å². The molecule has 5 amide bonds. The lowest BCUT2D eigenvalue weighted by Crippen LogP contribution is -2.33. The molecule has 5 N–H and O–H groups in total. The molecule has 0 radical (unpaired) electrons. The SMILES string of the molecule is CC(C)C(=NC(=O)CCC(=O)OC(=O)C1CCNCC1)C(=O)N=C(CCCNC(N)=O)C(=O)Nc1ccc(CBr)cc1. The van der Waals surface area contributed by atoms with E-state index < -0.39 is 41.6 Å². The molecule has 14 heteroatoms. The van der Waals surface area contributed by atoms with E-state index in [2.05, 4.69) is 41.9 Å². The van der Waals surface area contributed by atoms with Crippen molar-refractivity contribution in [2.45, 2.75) is 57.7 Å². The first-order chi connectivity index (χ1) is 20.0. The van der Waals surface area contributed by atoms with Crippen molar-refractivity contribution in [1.82, 2.24) is 10.6 Å². The number of alkyl halides is 1. The van der Waals surface area contributed by atoms with Gasteiger partial charge >= 0.3 is 18.0 Å². The van der Waals surface area contributed by atoms with Gasteiger partial charge in [0.1, 0.15) is 11.4 Å². The topological polar surface area (TPSA) is 198 Å². The number of esters is 2. The fourth-order valence-electron chi connectivity index (χ4n) is 3.88. The van der Waals surface area contributed by atoms with Gasteiger partial charge in [0.15, 0.2) is 0 Å². The third-order valence-corrected chi connectivity index (χ3v) is 6.84. The van der Waals surface area contributed by atoms with E-state index in [-0.39, 0.29) is 49.6 Å². The maximum absolute atomic E-state index is 13.1. The maximum Gasteiger partial charge on any atom is 0.316 e. The lowest BCUT2D eigenvalue weighted by Gasteiger charge is -2.20. The summed E-state index contributed by atoms with van der Waals surface area (Å²) in [5.41, 5.74) is 6.25. The fourth-order valence-corrected chi connectivity index (χ4v) is 4.25. The minimum atomic E-state index is -0.885. The Hall–Kier alpha value is -3.78. The normalized spacial score (nSPS) is 14.3. The zero-order chi connectivity index (χ0) is 31.1. The maximum atomic E-state index is 13.1. The number of carbonyl (C=O) groups is 6. The van der Waals surface area contributed by atoms with Gasteiger partial charge in [-0.15, -0.1) is 0 Å². The molecule has 13 nitrogen and oxygen atoms in total. The number of rotatable bonds is 13. The van der Waals surface area contributed by atoms with Crippen molar-refractivity contribution in [3.63, 3.8) is 0 Å². The third-order valence-electron chi connectivity index (χ3n) is 6.20. The first-order valence-corrected chi connectivity index (χ1v) is 14.8. The van der Waals surface area contributed by atoms with Crippen molar-refractivity contribution in [3.05, 3.63) is 29.8 Å². The van der Waals surface area contributed by atoms with Gasteiger partial charge in [-0.2, -0.15) is 0 Å². The summed E-state index contributed by atoms with van der Waals surface area (Å²) in [5, 5.41) is 8.86. The highest BCUT2D eigenvalue weighted by Crippen LogP contribution is 2.15. The van der Waals surface area contributed by atoms with Gasteiger partial charge in [-0.25, -0.2) is 14.8 Å². The summed E-state index contributed by atoms with van der Waals surface area (Å²) < 4.78 is 4.87. The van der Waals surface area contributed by atoms with Crippen LogP contribution in [0.1, 0.15) is 57.9 Å². The van der Waals surface area contributed by atoms with E-state index in [1.807, 2.05) is 12.1 Å². The lowest BCUT2D eigenvalue weighted by atomic mass is 9.98. The molecule has 1 aliphatic heterocycles. The second-order valence-corrected chi connectivity index (χ2v) is 10.5. The van der Waals surface area contributed by atoms with Crippen LogP contribution in [0.5, 0.6) is 0 Å². The van der Waals surface area contributed by atoms with Crippen molar-refractivity contribution < 1.29 is 33.5 Å². The summed E-state index contributed by atoms with van der Waals surface area (Å²) >= 11 is 3.36. The Labute approximate surface area is 252 Å². The van der Waals surface area contributed by atoms with E-state index in [1.54, 1.807) is 26.0 Å². The number of amides is 5. The van der Waals surface area contributed by atoms with Gasteiger partial charge < -0.3 is 26.4 Å². The van der Waals surface area contributed by atoms with Crippen LogP contribution in [0.4, 0.5) is 10.5 Å². The molecule has 2 rings (SSSR count). The minimum Gasteiger partial charge on any atom is -0.393 e. The molecule has 0 spiro atoms. The van der Waals surface area contributed by atoms with Crippen molar-refractivity contribution in [2.24, 2.45) is 27.6 Å². The van der Waals surface area contributed by atoms with Gasteiger partial charge in [-0.1, -0.05) is 41.9 Å². The van der Waals surface area contributed by atoms with Crippen LogP contribution >= 0.6 is 15.9 Å². The Morgan fingerprint density at radius 3 is 2.29 bits per heavy atom. The number of nitrogens with two attached hydrogens (primary N) is 1. The number of hydrogen-bond acceptors (Lipinski definition) is 8. The second-order valence-electron chi connectivity index (χ2n) is 9.91. The zero-order valence-corrected chi connectivity index (χ0v) is 25.3. The molecule has 0 aliphatic carbocycles. The first-order valence-electron chi connectivity index (χ1n) is 13.7. The zero-order valence-electron chi connectivity index (χ0n) is 23.7. The number of carbonyl (C=O) groups excluding carboxylic acids is 6. The number of primary amides is 1. The minimum absolute atomic E-state index is 0.0214. The number of piperidine rings is 1. The number of nitrogens with zero attached hydrogens (tertiary/aromatic N) is 2. The molecule has 1 fully saturated rings. The molecular weight excluding hydrogens is 612 g/mol. The summed E-state index contributed by atoms with van der Waals surface area (Å²) in [6.45, 7) is 4.73. The lowest BCUT2D eigenvalue weighted by molar-refractivity contribution is -0.163. The van der Waals surface area contributed by atoms with Gasteiger partial charge in [0.05, 0.1) is 12.3 Å². The molecule has 1 aromatic rings. The van der Waals surface area contributed by atoms with Crippen molar-refractivity contribution in [1.29, 1.82) is 0 Å². The molecule has 1 aromatic carbocycles. The van der Waals surface area contributed by atoms with E-state index in [1.165, 1.54) is 0 Å². The van der Waals surface area contributed by atoms with E-state index >= 15 is 0 Å².